The van der Waals surface area contributed by atoms with E-state index in [-0.39, 0.29) is 0 Å². The fourth-order valence-electron chi connectivity index (χ4n) is 1.03. The molecule has 0 fully saturated rings. The first-order valence-electron chi connectivity index (χ1n) is 3.21. The van der Waals surface area contributed by atoms with Crippen molar-refractivity contribution in [2.24, 2.45) is 0 Å². The minimum Gasteiger partial charge on any atom is -0.128 e. The molecule has 0 atom stereocenters. The molecular weight excluding hydrogens is 370 g/mol. The lowest BCUT2D eigenvalue weighted by Crippen LogP contribution is -1.67. The molecule has 12 heavy (non-hydrogen) atoms. The third kappa shape index (κ3) is 1.52. The van der Waals surface area contributed by atoms with Gasteiger partial charge in [-0.2, -0.15) is 0 Å². The van der Waals surface area contributed by atoms with Crippen LogP contribution < -0.4 is 0 Å². The van der Waals surface area contributed by atoms with Crippen LogP contribution in [-0.2, 0) is 0 Å². The molecule has 0 bridgehead atoms. The van der Waals surface area contributed by atoms with Crippen molar-refractivity contribution in [3.05, 3.63) is 30.6 Å². The third-order valence-corrected chi connectivity index (χ3v) is 4.60. The van der Waals surface area contributed by atoms with E-state index in [1.54, 1.807) is 11.3 Å². The predicted octanol–water partition coefficient (Wildman–Crippen LogP) is 4.92. The van der Waals surface area contributed by atoms with Gasteiger partial charge in [-0.05, 0) is 40.8 Å². The molecule has 0 amide bonds. The molecule has 1 aromatic heterocycles. The summed E-state index contributed by atoms with van der Waals surface area (Å²) in [6, 6.07) is 6.03. The van der Waals surface area contributed by atoms with Gasteiger partial charge in [0, 0.05) is 9.86 Å². The summed E-state index contributed by atoms with van der Waals surface area (Å²) in [6.07, 6.45) is 0. The van der Waals surface area contributed by atoms with Gasteiger partial charge in [-0.1, -0.05) is 27.5 Å². The van der Waals surface area contributed by atoms with Crippen LogP contribution in [0.15, 0.2) is 22.7 Å². The number of hydrogen-bond acceptors (Lipinski definition) is 1. The Hall–Kier alpha value is 0.680. The number of benzene rings is 1. The van der Waals surface area contributed by atoms with E-state index in [9.17, 15) is 0 Å². The Morgan fingerprint density at radius 1 is 1.42 bits per heavy atom. The summed E-state index contributed by atoms with van der Waals surface area (Å²) >= 11 is 13.5. The van der Waals surface area contributed by atoms with Gasteiger partial charge in [0.25, 0.3) is 0 Å². The molecule has 4 heteroatoms. The molecule has 1 aromatic carbocycles. The summed E-state index contributed by atoms with van der Waals surface area (Å²) in [5.74, 6) is 0. The Bertz CT molecular complexity index is 399. The van der Waals surface area contributed by atoms with Crippen molar-refractivity contribution in [3.8, 4) is 0 Å². The molecule has 0 spiro atoms. The van der Waals surface area contributed by atoms with Crippen LogP contribution in [0.1, 0.15) is 0 Å². The van der Waals surface area contributed by atoms with Crippen LogP contribution in [-0.4, -0.2) is 0 Å². The minimum atomic E-state index is 0.834. The van der Waals surface area contributed by atoms with E-state index in [4.69, 9.17) is 11.6 Å². The Balaban J connectivity index is 2.93. The number of rotatable bonds is 0. The van der Waals surface area contributed by atoms with Gasteiger partial charge in [0.2, 0.25) is 0 Å². The maximum Gasteiger partial charge on any atom is 0.0666 e. The van der Waals surface area contributed by atoms with Crippen LogP contribution in [0.3, 0.4) is 0 Å². The zero-order chi connectivity index (χ0) is 8.72. The number of halogens is 3. The highest BCUT2D eigenvalue weighted by Gasteiger charge is 2.06. The van der Waals surface area contributed by atoms with Gasteiger partial charge in [-0.15, -0.1) is 11.3 Å². The van der Waals surface area contributed by atoms with Crippen LogP contribution in [0, 0.1) is 2.88 Å². The standard InChI is InChI=1S/C8H3BrClIS/c9-5-1-2-6(10)8-4(5)3-7(11)12-8/h1-3H. The largest absolute Gasteiger partial charge is 0.128 e. The van der Waals surface area contributed by atoms with E-state index in [1.807, 2.05) is 12.1 Å². The van der Waals surface area contributed by atoms with E-state index in [0.717, 1.165) is 14.2 Å². The Kier molecular flexibility index (Phi) is 2.65. The molecule has 2 rings (SSSR count). The Morgan fingerprint density at radius 2 is 2.17 bits per heavy atom. The summed E-state index contributed by atoms with van der Waals surface area (Å²) in [7, 11) is 0. The fraction of sp³-hybridized carbons (Fsp3) is 0. The van der Waals surface area contributed by atoms with E-state index in [0.29, 0.717) is 0 Å². The first-order valence-corrected chi connectivity index (χ1v) is 6.28. The van der Waals surface area contributed by atoms with Gasteiger partial charge in [-0.25, -0.2) is 0 Å². The van der Waals surface area contributed by atoms with Crippen molar-refractivity contribution < 1.29 is 0 Å². The molecule has 0 nitrogen and oxygen atoms in total. The van der Waals surface area contributed by atoms with E-state index >= 15 is 0 Å². The molecule has 0 saturated heterocycles. The van der Waals surface area contributed by atoms with Gasteiger partial charge in [0.05, 0.1) is 12.6 Å². The van der Waals surface area contributed by atoms with E-state index in [2.05, 4.69) is 44.6 Å². The fourth-order valence-corrected chi connectivity index (χ4v) is 3.67. The van der Waals surface area contributed by atoms with Crippen LogP contribution in [0.4, 0.5) is 0 Å². The van der Waals surface area contributed by atoms with Crippen molar-refractivity contribution in [1.29, 1.82) is 0 Å². The van der Waals surface area contributed by atoms with Gasteiger partial charge in [-0.3, -0.25) is 0 Å². The van der Waals surface area contributed by atoms with E-state index < -0.39 is 0 Å². The van der Waals surface area contributed by atoms with Crippen molar-refractivity contribution in [2.75, 3.05) is 0 Å². The van der Waals surface area contributed by atoms with Crippen LogP contribution in [0.2, 0.25) is 5.02 Å². The molecular formula is C8H3BrClIS. The number of hydrogen-bond donors (Lipinski definition) is 0. The van der Waals surface area contributed by atoms with Crippen LogP contribution in [0.25, 0.3) is 10.1 Å². The molecule has 0 saturated carbocycles. The SMILES string of the molecule is Clc1ccc(Br)c2cc(I)sc12. The molecule has 2 aromatic rings. The maximum atomic E-state index is 6.03. The van der Waals surface area contributed by atoms with Crippen molar-refractivity contribution in [2.45, 2.75) is 0 Å². The summed E-state index contributed by atoms with van der Waals surface area (Å²) in [4.78, 5) is 0. The van der Waals surface area contributed by atoms with Crippen molar-refractivity contribution in [3.63, 3.8) is 0 Å². The second kappa shape index (κ2) is 3.44. The minimum absolute atomic E-state index is 0.834. The predicted molar refractivity (Wildman–Crippen MR) is 67.3 cm³/mol. The zero-order valence-electron chi connectivity index (χ0n) is 5.77. The van der Waals surface area contributed by atoms with Crippen molar-refractivity contribution >= 4 is 71.5 Å². The maximum absolute atomic E-state index is 6.03. The zero-order valence-corrected chi connectivity index (χ0v) is 11.1. The highest BCUT2D eigenvalue weighted by molar-refractivity contribution is 14.1. The third-order valence-electron chi connectivity index (χ3n) is 1.55. The molecule has 0 unspecified atom stereocenters. The lowest BCUT2D eigenvalue weighted by molar-refractivity contribution is 1.78. The Labute approximate surface area is 101 Å². The van der Waals surface area contributed by atoms with Gasteiger partial charge in [0.15, 0.2) is 0 Å². The molecule has 0 aliphatic heterocycles. The topological polar surface area (TPSA) is 0 Å². The number of thiophene rings is 1. The summed E-state index contributed by atoms with van der Waals surface area (Å²) in [5.41, 5.74) is 0. The number of fused-ring (bicyclic) bond motifs is 1. The molecule has 0 aliphatic carbocycles. The van der Waals surface area contributed by atoms with Gasteiger partial charge in [0.1, 0.15) is 0 Å². The lowest BCUT2D eigenvalue weighted by Gasteiger charge is -1.94. The average molecular weight is 373 g/mol. The summed E-state index contributed by atoms with van der Waals surface area (Å²) in [5, 5.41) is 2.04. The molecule has 0 aliphatic rings. The van der Waals surface area contributed by atoms with Gasteiger partial charge >= 0.3 is 0 Å². The molecule has 0 N–H and O–H groups in total. The summed E-state index contributed by atoms with van der Waals surface area (Å²) in [6.45, 7) is 0. The Morgan fingerprint density at radius 3 is 2.83 bits per heavy atom. The second-order valence-electron chi connectivity index (χ2n) is 2.32. The average Bonchev–Trinajstić information content (AvgIpc) is 2.41. The smallest absolute Gasteiger partial charge is 0.0666 e. The monoisotopic (exact) mass is 372 g/mol. The second-order valence-corrected chi connectivity index (χ2v) is 6.53. The normalized spacial score (nSPS) is 10.9. The molecule has 1 heterocycles. The molecule has 62 valence electrons. The highest BCUT2D eigenvalue weighted by Crippen LogP contribution is 2.36. The molecule has 0 radical (unpaired) electrons. The highest BCUT2D eigenvalue weighted by atomic mass is 127. The van der Waals surface area contributed by atoms with Gasteiger partial charge < -0.3 is 0 Å². The van der Waals surface area contributed by atoms with Crippen molar-refractivity contribution in [1.82, 2.24) is 0 Å². The first kappa shape index (κ1) is 9.24. The first-order chi connectivity index (χ1) is 5.68. The van der Waals surface area contributed by atoms with Crippen LogP contribution >= 0.6 is 61.5 Å². The quantitative estimate of drug-likeness (QED) is 0.575. The summed E-state index contributed by atoms with van der Waals surface area (Å²) < 4.78 is 3.54. The lowest BCUT2D eigenvalue weighted by atomic mass is 10.3. The van der Waals surface area contributed by atoms with Crippen LogP contribution in [0.5, 0.6) is 0 Å². The van der Waals surface area contributed by atoms with E-state index in [1.165, 1.54) is 8.27 Å².